The van der Waals surface area contributed by atoms with Gasteiger partial charge in [0, 0.05) is 12.1 Å². The van der Waals surface area contributed by atoms with E-state index in [1.807, 2.05) is 0 Å². The molecule has 1 aromatic rings. The van der Waals surface area contributed by atoms with E-state index in [1.54, 1.807) is 6.92 Å². The molecule has 0 aliphatic rings. The molecule has 0 aliphatic carbocycles. The lowest BCUT2D eigenvalue weighted by atomic mass is 10.2. The fraction of sp³-hybridized carbons (Fsp3) is 0.222. The van der Waals surface area contributed by atoms with Crippen LogP contribution >= 0.6 is 0 Å². The van der Waals surface area contributed by atoms with Crippen LogP contribution in [0.15, 0.2) is 28.7 Å². The van der Waals surface area contributed by atoms with Crippen molar-refractivity contribution >= 4 is 11.8 Å². The summed E-state index contributed by atoms with van der Waals surface area (Å²) in [5.41, 5.74) is 0.00542. The molecule has 80 valence electrons. The van der Waals surface area contributed by atoms with Gasteiger partial charge in [-0.2, -0.15) is 0 Å². The van der Waals surface area contributed by atoms with Gasteiger partial charge in [-0.1, -0.05) is 5.16 Å². The molecule has 1 rings (SSSR count). The summed E-state index contributed by atoms with van der Waals surface area (Å²) < 4.78 is 8.90. The Morgan fingerprint density at radius 3 is 2.93 bits per heavy atom. The zero-order valence-electron chi connectivity index (χ0n) is 7.97. The monoisotopic (exact) mass is 211 g/mol. The summed E-state index contributed by atoms with van der Waals surface area (Å²) in [6.07, 6.45) is 1.94. The smallest absolute Gasteiger partial charge is 0.373 e. The largest absolute Gasteiger partial charge is 0.502 e. The standard InChI is InChI=1S/C9H9NO5/c1-2-14-9(13)8(12)5-7(11)6-3-4-15-10-6/h3-5,12H,2H2,1H3/b8-5-. The van der Waals surface area contributed by atoms with Crippen molar-refractivity contribution in [1.82, 2.24) is 5.16 Å². The minimum atomic E-state index is -0.950. The lowest BCUT2D eigenvalue weighted by Gasteiger charge is -1.98. The van der Waals surface area contributed by atoms with Crippen LogP contribution in [0.25, 0.3) is 0 Å². The molecule has 15 heavy (non-hydrogen) atoms. The minimum absolute atomic E-state index is 0.00542. The number of nitrogens with zero attached hydrogens (tertiary/aromatic N) is 1. The molecular formula is C9H9NO5. The Kier molecular flexibility index (Phi) is 3.61. The molecule has 1 heterocycles. The number of hydrogen-bond donors (Lipinski definition) is 1. The summed E-state index contributed by atoms with van der Waals surface area (Å²) in [4.78, 5) is 22.2. The molecule has 0 atom stereocenters. The van der Waals surface area contributed by atoms with Gasteiger partial charge in [0.15, 0.2) is 5.69 Å². The van der Waals surface area contributed by atoms with Gasteiger partial charge < -0.3 is 14.4 Å². The maximum atomic E-state index is 11.3. The zero-order chi connectivity index (χ0) is 11.3. The fourth-order valence-corrected chi connectivity index (χ4v) is 0.802. The van der Waals surface area contributed by atoms with E-state index in [2.05, 4.69) is 14.4 Å². The Bertz CT molecular complexity index is 379. The number of aromatic nitrogens is 1. The average Bonchev–Trinajstić information content (AvgIpc) is 2.70. The third-order valence-corrected chi connectivity index (χ3v) is 1.44. The first kappa shape index (κ1) is 11.0. The van der Waals surface area contributed by atoms with Crippen LogP contribution in [0.2, 0.25) is 0 Å². The van der Waals surface area contributed by atoms with Gasteiger partial charge in [-0.3, -0.25) is 4.79 Å². The van der Waals surface area contributed by atoms with Crippen LogP contribution in [-0.2, 0) is 9.53 Å². The van der Waals surface area contributed by atoms with Crippen LogP contribution < -0.4 is 0 Å². The van der Waals surface area contributed by atoms with Crippen molar-refractivity contribution in [1.29, 1.82) is 0 Å². The molecule has 0 spiro atoms. The van der Waals surface area contributed by atoms with E-state index in [4.69, 9.17) is 5.11 Å². The van der Waals surface area contributed by atoms with Gasteiger partial charge in [-0.05, 0) is 6.92 Å². The predicted molar refractivity (Wildman–Crippen MR) is 48.2 cm³/mol. The quantitative estimate of drug-likeness (QED) is 0.344. The highest BCUT2D eigenvalue weighted by atomic mass is 16.5. The second-order valence-corrected chi connectivity index (χ2v) is 2.50. The second kappa shape index (κ2) is 4.94. The van der Waals surface area contributed by atoms with Gasteiger partial charge in [0.1, 0.15) is 6.26 Å². The van der Waals surface area contributed by atoms with E-state index in [0.29, 0.717) is 0 Å². The Morgan fingerprint density at radius 2 is 2.40 bits per heavy atom. The van der Waals surface area contributed by atoms with Gasteiger partial charge in [0.25, 0.3) is 0 Å². The van der Waals surface area contributed by atoms with Gasteiger partial charge in [0.2, 0.25) is 11.5 Å². The molecule has 0 unspecified atom stereocenters. The number of aliphatic hydroxyl groups excluding tert-OH is 1. The van der Waals surface area contributed by atoms with E-state index in [-0.39, 0.29) is 12.3 Å². The topological polar surface area (TPSA) is 89.6 Å². The van der Waals surface area contributed by atoms with Crippen LogP contribution in [0.3, 0.4) is 0 Å². The summed E-state index contributed by atoms with van der Waals surface area (Å²) in [6, 6.07) is 1.32. The first-order valence-electron chi connectivity index (χ1n) is 4.17. The number of rotatable bonds is 4. The number of aliphatic hydroxyl groups is 1. The summed E-state index contributed by atoms with van der Waals surface area (Å²) >= 11 is 0. The van der Waals surface area contributed by atoms with Crippen molar-refractivity contribution in [3.63, 3.8) is 0 Å². The summed E-state index contributed by atoms with van der Waals surface area (Å²) in [5, 5.41) is 12.5. The number of carbonyl (C=O) groups excluding carboxylic acids is 2. The lowest BCUT2D eigenvalue weighted by molar-refractivity contribution is -0.141. The SMILES string of the molecule is CCOC(=O)/C(O)=C/C(=O)c1ccon1. The molecule has 6 heteroatoms. The zero-order valence-corrected chi connectivity index (χ0v) is 7.97. The second-order valence-electron chi connectivity index (χ2n) is 2.50. The summed E-state index contributed by atoms with van der Waals surface area (Å²) in [5.74, 6) is -2.34. The Hall–Kier alpha value is -2.11. The summed E-state index contributed by atoms with van der Waals surface area (Å²) in [7, 11) is 0. The Labute approximate surface area is 85.1 Å². The number of esters is 1. The van der Waals surface area contributed by atoms with E-state index < -0.39 is 17.5 Å². The summed E-state index contributed by atoms with van der Waals surface area (Å²) in [6.45, 7) is 1.71. The molecule has 0 bridgehead atoms. The van der Waals surface area contributed by atoms with E-state index >= 15 is 0 Å². The van der Waals surface area contributed by atoms with E-state index in [9.17, 15) is 9.59 Å². The normalized spacial score (nSPS) is 11.1. The van der Waals surface area contributed by atoms with Gasteiger partial charge in [-0.15, -0.1) is 0 Å². The Balaban J connectivity index is 2.71. The third-order valence-electron chi connectivity index (χ3n) is 1.44. The molecule has 0 aliphatic heterocycles. The van der Waals surface area contributed by atoms with Crippen LogP contribution in [0.5, 0.6) is 0 Å². The van der Waals surface area contributed by atoms with Crippen LogP contribution in [-0.4, -0.2) is 28.6 Å². The fourth-order valence-electron chi connectivity index (χ4n) is 0.802. The van der Waals surface area contributed by atoms with Gasteiger partial charge in [0.05, 0.1) is 6.61 Å². The predicted octanol–water partition coefficient (Wildman–Crippen LogP) is 0.862. The van der Waals surface area contributed by atoms with Gasteiger partial charge >= 0.3 is 5.97 Å². The Morgan fingerprint density at radius 1 is 1.67 bits per heavy atom. The molecule has 1 aromatic heterocycles. The molecule has 0 aromatic carbocycles. The third kappa shape index (κ3) is 2.94. The number of carbonyl (C=O) groups is 2. The number of ketones is 1. The van der Waals surface area contributed by atoms with Crippen molar-refractivity contribution in [2.45, 2.75) is 6.92 Å². The van der Waals surface area contributed by atoms with Crippen molar-refractivity contribution < 1.29 is 24.0 Å². The van der Waals surface area contributed by atoms with Crippen LogP contribution in [0, 0.1) is 0 Å². The maximum Gasteiger partial charge on any atom is 0.373 e. The van der Waals surface area contributed by atoms with E-state index in [1.165, 1.54) is 12.3 Å². The minimum Gasteiger partial charge on any atom is -0.502 e. The molecule has 1 N–H and O–H groups in total. The van der Waals surface area contributed by atoms with Crippen molar-refractivity contribution in [2.24, 2.45) is 0 Å². The molecule has 0 saturated heterocycles. The first-order chi connectivity index (χ1) is 7.15. The van der Waals surface area contributed by atoms with Crippen LogP contribution in [0.1, 0.15) is 17.4 Å². The van der Waals surface area contributed by atoms with Crippen molar-refractivity contribution in [3.05, 3.63) is 29.9 Å². The lowest BCUT2D eigenvalue weighted by Crippen LogP contribution is -2.09. The molecular weight excluding hydrogens is 202 g/mol. The highest BCUT2D eigenvalue weighted by Crippen LogP contribution is 2.01. The number of ether oxygens (including phenoxy) is 1. The first-order valence-corrected chi connectivity index (χ1v) is 4.17. The molecule has 0 amide bonds. The highest BCUT2D eigenvalue weighted by molar-refractivity contribution is 6.06. The van der Waals surface area contributed by atoms with Gasteiger partial charge in [-0.25, -0.2) is 4.79 Å². The molecule has 0 fully saturated rings. The van der Waals surface area contributed by atoms with Crippen LogP contribution in [0.4, 0.5) is 0 Å². The van der Waals surface area contributed by atoms with Crippen molar-refractivity contribution in [2.75, 3.05) is 6.61 Å². The number of allylic oxidation sites excluding steroid dienone is 1. The molecule has 0 radical (unpaired) electrons. The number of hydrogen-bond acceptors (Lipinski definition) is 6. The molecule has 6 nitrogen and oxygen atoms in total. The van der Waals surface area contributed by atoms with Crippen molar-refractivity contribution in [3.8, 4) is 0 Å². The highest BCUT2D eigenvalue weighted by Gasteiger charge is 2.13. The maximum absolute atomic E-state index is 11.3. The molecule has 0 saturated carbocycles. The van der Waals surface area contributed by atoms with E-state index in [0.717, 1.165) is 6.08 Å². The average molecular weight is 211 g/mol.